The number of urea groups is 1. The zero-order chi connectivity index (χ0) is 18.3. The first-order valence-electron chi connectivity index (χ1n) is 8.38. The number of amides is 2. The maximum atomic E-state index is 11.8. The molecular formula is C20H25BrN2O2. The number of halogens is 1. The van der Waals surface area contributed by atoms with E-state index >= 15 is 0 Å². The van der Waals surface area contributed by atoms with Gasteiger partial charge in [-0.2, -0.15) is 0 Å². The second-order valence-corrected chi connectivity index (χ2v) is 7.78. The molecule has 25 heavy (non-hydrogen) atoms. The molecule has 2 aromatic rings. The van der Waals surface area contributed by atoms with Crippen molar-refractivity contribution in [1.82, 2.24) is 5.32 Å². The van der Waals surface area contributed by atoms with Crippen molar-refractivity contribution in [3.63, 3.8) is 0 Å². The molecule has 0 aliphatic rings. The van der Waals surface area contributed by atoms with Crippen molar-refractivity contribution >= 4 is 27.6 Å². The molecule has 0 heterocycles. The van der Waals surface area contributed by atoms with Crippen molar-refractivity contribution in [3.8, 4) is 5.75 Å². The predicted molar refractivity (Wildman–Crippen MR) is 106 cm³/mol. The number of anilines is 1. The Kier molecular flexibility index (Phi) is 6.88. The third-order valence-corrected chi connectivity index (χ3v) is 4.17. The van der Waals surface area contributed by atoms with Gasteiger partial charge in [0.05, 0.1) is 6.61 Å². The molecule has 0 unspecified atom stereocenters. The summed E-state index contributed by atoms with van der Waals surface area (Å²) < 4.78 is 6.64. The van der Waals surface area contributed by atoms with E-state index in [1.54, 1.807) is 0 Å². The van der Waals surface area contributed by atoms with E-state index in [1.807, 2.05) is 36.4 Å². The number of hydrogen-bond donors (Lipinski definition) is 2. The predicted octanol–water partition coefficient (Wildman–Crippen LogP) is 5.34. The van der Waals surface area contributed by atoms with E-state index in [2.05, 4.69) is 59.5 Å². The highest BCUT2D eigenvalue weighted by Gasteiger charge is 2.12. The van der Waals surface area contributed by atoms with Gasteiger partial charge < -0.3 is 15.4 Å². The van der Waals surface area contributed by atoms with E-state index in [0.717, 1.165) is 22.3 Å². The molecular weight excluding hydrogens is 380 g/mol. The fourth-order valence-electron chi connectivity index (χ4n) is 2.26. The Balaban J connectivity index is 1.65. The van der Waals surface area contributed by atoms with Gasteiger partial charge in [-0.25, -0.2) is 4.79 Å². The van der Waals surface area contributed by atoms with Crippen molar-refractivity contribution in [1.29, 1.82) is 0 Å². The molecule has 2 amide bonds. The average molecular weight is 405 g/mol. The monoisotopic (exact) mass is 404 g/mol. The largest absolute Gasteiger partial charge is 0.494 e. The summed E-state index contributed by atoms with van der Waals surface area (Å²) in [6.45, 7) is 7.68. The number of carbonyl (C=O) groups excluding carboxylic acids is 1. The summed E-state index contributed by atoms with van der Waals surface area (Å²) in [6.07, 6.45) is 0.743. The molecule has 2 aromatic carbocycles. The lowest BCUT2D eigenvalue weighted by Gasteiger charge is -2.19. The Morgan fingerprint density at radius 1 is 1.12 bits per heavy atom. The van der Waals surface area contributed by atoms with Crippen molar-refractivity contribution < 1.29 is 9.53 Å². The maximum absolute atomic E-state index is 11.8. The van der Waals surface area contributed by atoms with E-state index in [0.29, 0.717) is 13.2 Å². The topological polar surface area (TPSA) is 50.4 Å². The van der Waals surface area contributed by atoms with Crippen LogP contribution in [-0.2, 0) is 5.41 Å². The number of benzene rings is 2. The lowest BCUT2D eigenvalue weighted by Crippen LogP contribution is -2.30. The van der Waals surface area contributed by atoms with Crippen molar-refractivity contribution in [2.24, 2.45) is 0 Å². The number of hydrogen-bond acceptors (Lipinski definition) is 2. The van der Waals surface area contributed by atoms with E-state index in [1.165, 1.54) is 5.56 Å². The van der Waals surface area contributed by atoms with Gasteiger partial charge in [0.25, 0.3) is 0 Å². The minimum atomic E-state index is -0.215. The average Bonchev–Trinajstić information content (AvgIpc) is 2.54. The number of carbonyl (C=O) groups is 1. The molecule has 0 radical (unpaired) electrons. The minimum absolute atomic E-state index is 0.143. The number of ether oxygens (including phenoxy) is 1. The SMILES string of the molecule is CC(C)(C)c1ccc(OCCCNC(=O)Nc2cccc(Br)c2)cc1. The first-order chi connectivity index (χ1) is 11.8. The van der Waals surface area contributed by atoms with Gasteiger partial charge in [0, 0.05) is 16.7 Å². The summed E-state index contributed by atoms with van der Waals surface area (Å²) in [5, 5.41) is 5.61. The standard InChI is InChI=1S/C20H25BrN2O2/c1-20(2,3)15-8-10-18(11-9-15)25-13-5-12-22-19(24)23-17-7-4-6-16(21)14-17/h4,6-11,14H,5,12-13H2,1-3H3,(H2,22,23,24). The molecule has 134 valence electrons. The van der Waals surface area contributed by atoms with Crippen LogP contribution in [0.5, 0.6) is 5.75 Å². The normalized spacial score (nSPS) is 11.0. The highest BCUT2D eigenvalue weighted by molar-refractivity contribution is 9.10. The van der Waals surface area contributed by atoms with Crippen LogP contribution in [0.2, 0.25) is 0 Å². The van der Waals surface area contributed by atoms with Crippen LogP contribution >= 0.6 is 15.9 Å². The smallest absolute Gasteiger partial charge is 0.319 e. The molecule has 0 spiro atoms. The van der Waals surface area contributed by atoms with Crippen molar-refractivity contribution in [2.75, 3.05) is 18.5 Å². The van der Waals surface area contributed by atoms with E-state index in [9.17, 15) is 4.79 Å². The van der Waals surface area contributed by atoms with Crippen LogP contribution in [-0.4, -0.2) is 19.2 Å². The Labute approximate surface area is 158 Å². The van der Waals surface area contributed by atoms with Gasteiger partial charge in [0.15, 0.2) is 0 Å². The molecule has 0 bridgehead atoms. The van der Waals surface area contributed by atoms with Gasteiger partial charge >= 0.3 is 6.03 Å². The van der Waals surface area contributed by atoms with Gasteiger partial charge in [0.1, 0.15) is 5.75 Å². The Bertz CT molecular complexity index is 694. The molecule has 2 rings (SSSR count). The summed E-state index contributed by atoms with van der Waals surface area (Å²) >= 11 is 3.37. The van der Waals surface area contributed by atoms with Crippen LogP contribution < -0.4 is 15.4 Å². The lowest BCUT2D eigenvalue weighted by atomic mass is 9.87. The highest BCUT2D eigenvalue weighted by atomic mass is 79.9. The van der Waals surface area contributed by atoms with Crippen molar-refractivity contribution in [2.45, 2.75) is 32.6 Å². The molecule has 0 saturated heterocycles. The van der Waals surface area contributed by atoms with Crippen LogP contribution in [0.3, 0.4) is 0 Å². The lowest BCUT2D eigenvalue weighted by molar-refractivity contribution is 0.250. The Morgan fingerprint density at radius 3 is 2.48 bits per heavy atom. The van der Waals surface area contributed by atoms with Crippen LogP contribution in [0.4, 0.5) is 10.5 Å². The first-order valence-corrected chi connectivity index (χ1v) is 9.18. The van der Waals surface area contributed by atoms with Crippen LogP contribution in [0.15, 0.2) is 53.0 Å². The van der Waals surface area contributed by atoms with Crippen LogP contribution in [0, 0.1) is 0 Å². The first kappa shape index (κ1) is 19.3. The van der Waals surface area contributed by atoms with Gasteiger partial charge in [0.2, 0.25) is 0 Å². The highest BCUT2D eigenvalue weighted by Crippen LogP contribution is 2.24. The summed E-state index contributed by atoms with van der Waals surface area (Å²) in [5.74, 6) is 0.853. The molecule has 2 N–H and O–H groups in total. The third-order valence-electron chi connectivity index (χ3n) is 3.68. The van der Waals surface area contributed by atoms with Crippen LogP contribution in [0.25, 0.3) is 0 Å². The second kappa shape index (κ2) is 8.90. The number of rotatable bonds is 6. The van der Waals surface area contributed by atoms with E-state index < -0.39 is 0 Å². The van der Waals surface area contributed by atoms with Gasteiger partial charge in [-0.05, 0) is 47.7 Å². The van der Waals surface area contributed by atoms with Crippen molar-refractivity contribution in [3.05, 3.63) is 58.6 Å². The summed E-state index contributed by atoms with van der Waals surface area (Å²) in [5.41, 5.74) is 2.18. The summed E-state index contributed by atoms with van der Waals surface area (Å²) in [4.78, 5) is 11.8. The van der Waals surface area contributed by atoms with E-state index in [-0.39, 0.29) is 11.4 Å². The zero-order valence-corrected chi connectivity index (χ0v) is 16.5. The third kappa shape index (κ3) is 6.78. The molecule has 0 aliphatic carbocycles. The quantitative estimate of drug-likeness (QED) is 0.638. The Morgan fingerprint density at radius 2 is 1.84 bits per heavy atom. The summed E-state index contributed by atoms with van der Waals surface area (Å²) in [7, 11) is 0. The second-order valence-electron chi connectivity index (χ2n) is 6.87. The minimum Gasteiger partial charge on any atom is -0.494 e. The molecule has 5 heteroatoms. The maximum Gasteiger partial charge on any atom is 0.319 e. The van der Waals surface area contributed by atoms with Gasteiger partial charge in [-0.1, -0.05) is 54.9 Å². The zero-order valence-electron chi connectivity index (χ0n) is 14.9. The van der Waals surface area contributed by atoms with Gasteiger partial charge in [-0.15, -0.1) is 0 Å². The summed E-state index contributed by atoms with van der Waals surface area (Å²) in [6, 6.07) is 15.4. The molecule has 0 fully saturated rings. The van der Waals surface area contributed by atoms with Gasteiger partial charge in [-0.3, -0.25) is 0 Å². The van der Waals surface area contributed by atoms with E-state index in [4.69, 9.17) is 4.74 Å². The van der Waals surface area contributed by atoms with Crippen LogP contribution in [0.1, 0.15) is 32.8 Å². The molecule has 0 saturated carbocycles. The Hall–Kier alpha value is -2.01. The molecule has 4 nitrogen and oxygen atoms in total. The molecule has 0 aliphatic heterocycles. The fraction of sp³-hybridized carbons (Fsp3) is 0.350. The number of nitrogens with one attached hydrogen (secondary N) is 2. The fourth-order valence-corrected chi connectivity index (χ4v) is 2.66. The molecule has 0 atom stereocenters. The molecule has 0 aromatic heterocycles.